The Balaban J connectivity index is 1.73. The molecule has 0 atom stereocenters. The molecule has 0 spiro atoms. The highest BCUT2D eigenvalue weighted by molar-refractivity contribution is 5.87. The Hall–Kier alpha value is -1.53. The fourth-order valence-corrected chi connectivity index (χ4v) is 2.17. The third kappa shape index (κ3) is 4.25. The molecule has 1 aliphatic carbocycles. The summed E-state index contributed by atoms with van der Waals surface area (Å²) in [6, 6.07) is -0.163. The topological polar surface area (TPSA) is 49.4 Å². The standard InChI is InChI=1S/C13H17F3N2O2/c14-13(15,16)12(20)18-7-5-10(6-8-18)17-11(19)4-3-9-1-2-9/h3-4,9-10H,1-2,5-8H2,(H,17,19)/b4-3+. The summed E-state index contributed by atoms with van der Waals surface area (Å²) >= 11 is 0. The van der Waals surface area contributed by atoms with Crippen molar-refractivity contribution in [3.05, 3.63) is 12.2 Å². The van der Waals surface area contributed by atoms with Crippen molar-refractivity contribution in [1.82, 2.24) is 10.2 Å². The third-order valence-corrected chi connectivity index (χ3v) is 3.51. The lowest BCUT2D eigenvalue weighted by Crippen LogP contribution is -2.49. The van der Waals surface area contributed by atoms with Crippen LogP contribution in [0, 0.1) is 5.92 Å². The zero-order valence-corrected chi connectivity index (χ0v) is 10.9. The number of hydrogen-bond acceptors (Lipinski definition) is 2. The number of carbonyl (C=O) groups is 2. The third-order valence-electron chi connectivity index (χ3n) is 3.51. The Morgan fingerprint density at radius 2 is 1.70 bits per heavy atom. The zero-order chi connectivity index (χ0) is 14.8. The van der Waals surface area contributed by atoms with Gasteiger partial charge in [0.05, 0.1) is 0 Å². The van der Waals surface area contributed by atoms with Crippen LogP contribution < -0.4 is 5.32 Å². The predicted molar refractivity (Wildman–Crippen MR) is 65.7 cm³/mol. The first-order chi connectivity index (χ1) is 9.36. The van der Waals surface area contributed by atoms with Crippen LogP contribution in [-0.4, -0.2) is 42.0 Å². The van der Waals surface area contributed by atoms with Gasteiger partial charge in [-0.25, -0.2) is 0 Å². The van der Waals surface area contributed by atoms with E-state index in [2.05, 4.69) is 5.32 Å². The van der Waals surface area contributed by atoms with Gasteiger partial charge in [0.25, 0.3) is 0 Å². The minimum absolute atomic E-state index is 0.0234. The van der Waals surface area contributed by atoms with Crippen LogP contribution in [0.4, 0.5) is 13.2 Å². The van der Waals surface area contributed by atoms with E-state index < -0.39 is 12.1 Å². The van der Waals surface area contributed by atoms with Gasteiger partial charge >= 0.3 is 12.1 Å². The van der Waals surface area contributed by atoms with Gasteiger partial charge in [-0.2, -0.15) is 13.2 Å². The lowest BCUT2D eigenvalue weighted by molar-refractivity contribution is -0.186. The van der Waals surface area contributed by atoms with Crippen LogP contribution in [0.15, 0.2) is 12.2 Å². The highest BCUT2D eigenvalue weighted by Crippen LogP contribution is 2.29. The Bertz CT molecular complexity index is 408. The fraction of sp³-hybridized carbons (Fsp3) is 0.692. The number of nitrogens with zero attached hydrogens (tertiary/aromatic N) is 1. The van der Waals surface area contributed by atoms with Crippen molar-refractivity contribution >= 4 is 11.8 Å². The van der Waals surface area contributed by atoms with Crippen molar-refractivity contribution in [2.45, 2.75) is 37.9 Å². The van der Waals surface area contributed by atoms with Crippen LogP contribution in [0.5, 0.6) is 0 Å². The number of alkyl halides is 3. The van der Waals surface area contributed by atoms with Gasteiger partial charge in [-0.1, -0.05) is 6.08 Å². The number of hydrogen-bond donors (Lipinski definition) is 1. The molecule has 2 amide bonds. The van der Waals surface area contributed by atoms with E-state index in [1.54, 1.807) is 0 Å². The molecule has 2 fully saturated rings. The first kappa shape index (κ1) is 14.9. The fourth-order valence-electron chi connectivity index (χ4n) is 2.17. The van der Waals surface area contributed by atoms with Gasteiger partial charge in [-0.05, 0) is 37.7 Å². The van der Waals surface area contributed by atoms with E-state index in [-0.39, 0.29) is 25.0 Å². The largest absolute Gasteiger partial charge is 0.471 e. The van der Waals surface area contributed by atoms with Crippen molar-refractivity contribution in [2.75, 3.05) is 13.1 Å². The van der Waals surface area contributed by atoms with Crippen molar-refractivity contribution in [2.24, 2.45) is 5.92 Å². The van der Waals surface area contributed by atoms with E-state index in [0.29, 0.717) is 18.8 Å². The van der Waals surface area contributed by atoms with E-state index >= 15 is 0 Å². The van der Waals surface area contributed by atoms with Crippen molar-refractivity contribution < 1.29 is 22.8 Å². The quantitative estimate of drug-likeness (QED) is 0.803. The summed E-state index contributed by atoms with van der Waals surface area (Å²) in [5.41, 5.74) is 0. The van der Waals surface area contributed by atoms with Gasteiger partial charge in [-0.3, -0.25) is 9.59 Å². The molecule has 4 nitrogen and oxygen atoms in total. The lowest BCUT2D eigenvalue weighted by Gasteiger charge is -2.32. The summed E-state index contributed by atoms with van der Waals surface area (Å²) in [5.74, 6) is -1.50. The molecule has 0 aromatic rings. The number of likely N-dealkylation sites (tertiary alicyclic amines) is 1. The first-order valence-corrected chi connectivity index (χ1v) is 6.71. The second-order valence-electron chi connectivity index (χ2n) is 5.27. The molecule has 0 unspecified atom stereocenters. The summed E-state index contributed by atoms with van der Waals surface area (Å²) in [4.78, 5) is 23.4. The molecule has 0 radical (unpaired) electrons. The van der Waals surface area contributed by atoms with Gasteiger partial charge in [0.1, 0.15) is 0 Å². The molecule has 0 bridgehead atoms. The van der Waals surface area contributed by atoms with Gasteiger partial charge in [0.15, 0.2) is 0 Å². The summed E-state index contributed by atoms with van der Waals surface area (Å²) in [7, 11) is 0. The minimum Gasteiger partial charge on any atom is -0.350 e. The Labute approximate surface area is 115 Å². The van der Waals surface area contributed by atoms with Crippen LogP contribution in [0.25, 0.3) is 0 Å². The highest BCUT2D eigenvalue weighted by Gasteiger charge is 2.43. The highest BCUT2D eigenvalue weighted by atomic mass is 19.4. The maximum atomic E-state index is 12.3. The van der Waals surface area contributed by atoms with Gasteiger partial charge in [-0.15, -0.1) is 0 Å². The second kappa shape index (κ2) is 5.85. The van der Waals surface area contributed by atoms with Crippen LogP contribution in [0.1, 0.15) is 25.7 Å². The average molecular weight is 290 g/mol. The molecular formula is C13H17F3N2O2. The second-order valence-corrected chi connectivity index (χ2v) is 5.27. The predicted octanol–water partition coefficient (Wildman–Crippen LogP) is 1.62. The van der Waals surface area contributed by atoms with E-state index in [4.69, 9.17) is 0 Å². The van der Waals surface area contributed by atoms with Gasteiger partial charge in [0.2, 0.25) is 5.91 Å². The van der Waals surface area contributed by atoms with Crippen LogP contribution in [-0.2, 0) is 9.59 Å². The van der Waals surface area contributed by atoms with Crippen LogP contribution >= 0.6 is 0 Å². The minimum atomic E-state index is -4.82. The summed E-state index contributed by atoms with van der Waals surface area (Å²) in [6.07, 6.45) is 1.46. The monoisotopic (exact) mass is 290 g/mol. The van der Waals surface area contributed by atoms with Crippen molar-refractivity contribution in [3.8, 4) is 0 Å². The van der Waals surface area contributed by atoms with E-state index in [1.807, 2.05) is 6.08 Å². The maximum Gasteiger partial charge on any atom is 0.471 e. The van der Waals surface area contributed by atoms with Crippen LogP contribution in [0.2, 0.25) is 0 Å². The van der Waals surface area contributed by atoms with Crippen LogP contribution in [0.3, 0.4) is 0 Å². The van der Waals surface area contributed by atoms with E-state index in [9.17, 15) is 22.8 Å². The molecule has 1 saturated carbocycles. The van der Waals surface area contributed by atoms with Gasteiger partial charge < -0.3 is 10.2 Å². The number of halogens is 3. The molecule has 0 aromatic carbocycles. The van der Waals surface area contributed by atoms with E-state index in [0.717, 1.165) is 17.7 Å². The molecule has 1 saturated heterocycles. The SMILES string of the molecule is O=C(/C=C/C1CC1)NC1CCN(C(=O)C(F)(F)F)CC1. The number of piperidine rings is 1. The number of amides is 2. The molecule has 1 heterocycles. The lowest BCUT2D eigenvalue weighted by atomic mass is 10.0. The Morgan fingerprint density at radius 3 is 2.20 bits per heavy atom. The number of nitrogens with one attached hydrogen (secondary N) is 1. The summed E-state index contributed by atoms with van der Waals surface area (Å²) < 4.78 is 36.8. The number of carbonyl (C=O) groups excluding carboxylic acids is 2. The Morgan fingerprint density at radius 1 is 1.10 bits per heavy atom. The van der Waals surface area contributed by atoms with Gasteiger partial charge in [0, 0.05) is 19.1 Å². The molecule has 112 valence electrons. The summed E-state index contributed by atoms with van der Waals surface area (Å²) in [5, 5.41) is 2.76. The first-order valence-electron chi connectivity index (χ1n) is 6.71. The number of allylic oxidation sites excluding steroid dienone is 1. The van der Waals surface area contributed by atoms with Crippen molar-refractivity contribution in [1.29, 1.82) is 0 Å². The maximum absolute atomic E-state index is 12.3. The van der Waals surface area contributed by atoms with Crippen molar-refractivity contribution in [3.63, 3.8) is 0 Å². The zero-order valence-electron chi connectivity index (χ0n) is 10.9. The molecule has 20 heavy (non-hydrogen) atoms. The molecular weight excluding hydrogens is 273 g/mol. The van der Waals surface area contributed by atoms with E-state index in [1.165, 1.54) is 6.08 Å². The molecule has 1 aliphatic heterocycles. The molecule has 1 N–H and O–H groups in total. The molecule has 0 aromatic heterocycles. The normalized spacial score (nSPS) is 21.2. The Kier molecular flexibility index (Phi) is 4.35. The molecule has 7 heteroatoms. The smallest absolute Gasteiger partial charge is 0.350 e. The average Bonchev–Trinajstić information content (AvgIpc) is 3.19. The molecule has 2 aliphatic rings. The molecule has 2 rings (SSSR count). The summed E-state index contributed by atoms with van der Waals surface area (Å²) in [6.45, 7) is 0.0469. The number of rotatable bonds is 3.